The lowest BCUT2D eigenvalue weighted by molar-refractivity contribution is -0.0872. The smallest absolute Gasteiger partial charge is 0.317 e. The van der Waals surface area contributed by atoms with Crippen molar-refractivity contribution < 1.29 is 9.53 Å². The van der Waals surface area contributed by atoms with Gasteiger partial charge in [-0.05, 0) is 31.0 Å². The number of fused-ring (bicyclic) bond motifs is 1. The number of morpholine rings is 1. The summed E-state index contributed by atoms with van der Waals surface area (Å²) in [6.07, 6.45) is 2.68. The van der Waals surface area contributed by atoms with E-state index in [4.69, 9.17) is 4.74 Å². The SMILES string of the molecule is CC[C@]1(C)CN(C(=O)NCc2ccnc3ccccc23)CCO1. The summed E-state index contributed by atoms with van der Waals surface area (Å²) >= 11 is 0. The van der Waals surface area contributed by atoms with Gasteiger partial charge in [-0.15, -0.1) is 0 Å². The van der Waals surface area contributed by atoms with Crippen LogP contribution in [0.3, 0.4) is 0 Å². The summed E-state index contributed by atoms with van der Waals surface area (Å²) in [5, 5.41) is 4.11. The van der Waals surface area contributed by atoms with Crippen molar-refractivity contribution in [2.24, 2.45) is 0 Å². The minimum atomic E-state index is -0.237. The Morgan fingerprint density at radius 2 is 2.22 bits per heavy atom. The fraction of sp³-hybridized carbons (Fsp3) is 0.444. The van der Waals surface area contributed by atoms with Crippen LogP contribution in [0.2, 0.25) is 0 Å². The summed E-state index contributed by atoms with van der Waals surface area (Å²) in [7, 11) is 0. The van der Waals surface area contributed by atoms with Crippen molar-refractivity contribution in [1.82, 2.24) is 15.2 Å². The number of para-hydroxylation sites is 1. The first-order valence-electron chi connectivity index (χ1n) is 8.11. The normalized spacial score (nSPS) is 21.4. The Balaban J connectivity index is 1.67. The van der Waals surface area contributed by atoms with E-state index in [1.165, 1.54) is 0 Å². The lowest BCUT2D eigenvalue weighted by Crippen LogP contribution is -2.54. The maximum absolute atomic E-state index is 12.5. The average molecular weight is 313 g/mol. The number of ether oxygens (including phenoxy) is 1. The van der Waals surface area contributed by atoms with Crippen LogP contribution in [0.4, 0.5) is 4.79 Å². The molecule has 2 amide bonds. The van der Waals surface area contributed by atoms with Gasteiger partial charge in [-0.3, -0.25) is 4.98 Å². The second kappa shape index (κ2) is 6.54. The fourth-order valence-corrected chi connectivity index (χ4v) is 2.91. The quantitative estimate of drug-likeness (QED) is 0.948. The van der Waals surface area contributed by atoms with E-state index in [0.717, 1.165) is 22.9 Å². The third-order valence-corrected chi connectivity index (χ3v) is 4.54. The van der Waals surface area contributed by atoms with Crippen LogP contribution in [0, 0.1) is 0 Å². The zero-order valence-corrected chi connectivity index (χ0v) is 13.7. The molecule has 1 fully saturated rings. The number of hydrogen-bond acceptors (Lipinski definition) is 3. The summed E-state index contributed by atoms with van der Waals surface area (Å²) in [6, 6.07) is 9.90. The molecule has 2 heterocycles. The molecule has 5 nitrogen and oxygen atoms in total. The molecule has 1 saturated heterocycles. The van der Waals surface area contributed by atoms with Crippen LogP contribution in [-0.2, 0) is 11.3 Å². The molecule has 1 N–H and O–H groups in total. The largest absolute Gasteiger partial charge is 0.372 e. The zero-order valence-electron chi connectivity index (χ0n) is 13.7. The average Bonchev–Trinajstić information content (AvgIpc) is 2.59. The Morgan fingerprint density at radius 3 is 3.04 bits per heavy atom. The predicted molar refractivity (Wildman–Crippen MR) is 90.2 cm³/mol. The number of nitrogens with zero attached hydrogens (tertiary/aromatic N) is 2. The van der Waals surface area contributed by atoms with Crippen molar-refractivity contribution in [2.75, 3.05) is 19.7 Å². The summed E-state index contributed by atoms with van der Waals surface area (Å²) < 4.78 is 5.79. The van der Waals surface area contributed by atoms with Crippen molar-refractivity contribution in [3.63, 3.8) is 0 Å². The highest BCUT2D eigenvalue weighted by Crippen LogP contribution is 2.21. The van der Waals surface area contributed by atoms with Gasteiger partial charge in [0.1, 0.15) is 0 Å². The van der Waals surface area contributed by atoms with Crippen LogP contribution in [0.15, 0.2) is 36.5 Å². The van der Waals surface area contributed by atoms with Crippen LogP contribution in [0.5, 0.6) is 0 Å². The van der Waals surface area contributed by atoms with Gasteiger partial charge in [-0.1, -0.05) is 25.1 Å². The van der Waals surface area contributed by atoms with Gasteiger partial charge in [0.25, 0.3) is 0 Å². The molecule has 122 valence electrons. The molecule has 3 rings (SSSR count). The van der Waals surface area contributed by atoms with Crippen LogP contribution < -0.4 is 5.32 Å². The molecule has 0 aliphatic carbocycles. The Morgan fingerprint density at radius 1 is 1.39 bits per heavy atom. The number of nitrogens with one attached hydrogen (secondary N) is 1. The summed E-state index contributed by atoms with van der Waals surface area (Å²) in [4.78, 5) is 18.6. The van der Waals surface area contributed by atoms with E-state index in [0.29, 0.717) is 26.2 Å². The lowest BCUT2D eigenvalue weighted by atomic mass is 10.0. The minimum absolute atomic E-state index is 0.0335. The van der Waals surface area contributed by atoms with Crippen molar-refractivity contribution in [3.05, 3.63) is 42.1 Å². The first-order valence-corrected chi connectivity index (χ1v) is 8.11. The highest BCUT2D eigenvalue weighted by atomic mass is 16.5. The first-order chi connectivity index (χ1) is 11.1. The van der Waals surface area contributed by atoms with Gasteiger partial charge in [-0.2, -0.15) is 0 Å². The van der Waals surface area contributed by atoms with Crippen molar-refractivity contribution >= 4 is 16.9 Å². The van der Waals surface area contributed by atoms with Crippen LogP contribution >= 0.6 is 0 Å². The molecule has 0 bridgehead atoms. The van der Waals surface area contributed by atoms with E-state index < -0.39 is 0 Å². The van der Waals surface area contributed by atoms with Gasteiger partial charge in [-0.25, -0.2) is 4.79 Å². The van der Waals surface area contributed by atoms with Crippen LogP contribution in [0.1, 0.15) is 25.8 Å². The minimum Gasteiger partial charge on any atom is -0.372 e. The molecule has 0 saturated carbocycles. The van der Waals surface area contributed by atoms with E-state index in [9.17, 15) is 4.79 Å². The maximum atomic E-state index is 12.5. The Bertz CT molecular complexity index is 698. The summed E-state index contributed by atoms with van der Waals surface area (Å²) in [6.45, 7) is 6.51. The molecule has 0 unspecified atom stereocenters. The number of aromatic nitrogens is 1. The Kier molecular flexibility index (Phi) is 4.48. The van der Waals surface area contributed by atoms with E-state index in [-0.39, 0.29) is 11.6 Å². The van der Waals surface area contributed by atoms with Gasteiger partial charge in [0, 0.05) is 24.7 Å². The molecule has 2 aromatic rings. The highest BCUT2D eigenvalue weighted by molar-refractivity contribution is 5.82. The van der Waals surface area contributed by atoms with Gasteiger partial charge in [0.05, 0.1) is 24.3 Å². The number of urea groups is 1. The molecule has 0 spiro atoms. The molecule has 0 radical (unpaired) electrons. The third kappa shape index (κ3) is 3.45. The van der Waals surface area contributed by atoms with Gasteiger partial charge in [0.2, 0.25) is 0 Å². The van der Waals surface area contributed by atoms with E-state index >= 15 is 0 Å². The van der Waals surface area contributed by atoms with Gasteiger partial charge in [0.15, 0.2) is 0 Å². The van der Waals surface area contributed by atoms with E-state index in [1.54, 1.807) is 6.20 Å². The second-order valence-corrected chi connectivity index (χ2v) is 6.22. The highest BCUT2D eigenvalue weighted by Gasteiger charge is 2.32. The van der Waals surface area contributed by atoms with Gasteiger partial charge < -0.3 is 15.0 Å². The molecule has 1 aliphatic rings. The zero-order chi connectivity index (χ0) is 16.3. The molecule has 1 aliphatic heterocycles. The van der Waals surface area contributed by atoms with Gasteiger partial charge >= 0.3 is 6.03 Å². The molecule has 5 heteroatoms. The molecule has 1 aromatic carbocycles. The molecular weight excluding hydrogens is 290 g/mol. The van der Waals surface area contributed by atoms with E-state index in [2.05, 4.69) is 24.1 Å². The molecular formula is C18H23N3O2. The van der Waals surface area contributed by atoms with Crippen molar-refractivity contribution in [1.29, 1.82) is 0 Å². The van der Waals surface area contributed by atoms with Crippen molar-refractivity contribution in [2.45, 2.75) is 32.4 Å². The van der Waals surface area contributed by atoms with E-state index in [1.807, 2.05) is 35.2 Å². The molecule has 23 heavy (non-hydrogen) atoms. The second-order valence-electron chi connectivity index (χ2n) is 6.22. The Hall–Kier alpha value is -2.14. The summed E-state index contributed by atoms with van der Waals surface area (Å²) in [5.74, 6) is 0. The molecule has 1 aromatic heterocycles. The number of benzene rings is 1. The number of amides is 2. The lowest BCUT2D eigenvalue weighted by Gasteiger charge is -2.39. The fourth-order valence-electron chi connectivity index (χ4n) is 2.91. The monoisotopic (exact) mass is 313 g/mol. The summed E-state index contributed by atoms with van der Waals surface area (Å²) in [5.41, 5.74) is 1.79. The topological polar surface area (TPSA) is 54.5 Å². The van der Waals surface area contributed by atoms with Crippen LogP contribution in [-0.4, -0.2) is 41.2 Å². The predicted octanol–water partition coefficient (Wildman–Crippen LogP) is 2.95. The number of pyridine rings is 1. The number of hydrogen-bond donors (Lipinski definition) is 1. The standard InChI is InChI=1S/C18H23N3O2/c1-3-18(2)13-21(10-11-23-18)17(22)20-12-14-8-9-19-16-7-5-4-6-15(14)16/h4-9H,3,10-13H2,1-2H3,(H,20,22)/t18-/m1/s1. The number of carbonyl (C=O) groups excluding carboxylic acids is 1. The number of carbonyl (C=O) groups is 1. The van der Waals surface area contributed by atoms with Crippen LogP contribution in [0.25, 0.3) is 10.9 Å². The number of rotatable bonds is 3. The Labute approximate surface area is 136 Å². The first kappa shape index (κ1) is 15.7. The third-order valence-electron chi connectivity index (χ3n) is 4.54. The van der Waals surface area contributed by atoms with Crippen molar-refractivity contribution in [3.8, 4) is 0 Å². The molecule has 1 atom stereocenters. The maximum Gasteiger partial charge on any atom is 0.317 e.